The molecule has 16 heavy (non-hydrogen) atoms. The van der Waals surface area contributed by atoms with Crippen molar-refractivity contribution in [3.05, 3.63) is 36.6 Å². The van der Waals surface area contributed by atoms with Gasteiger partial charge in [-0.2, -0.15) is 0 Å². The zero-order valence-electron chi connectivity index (χ0n) is 9.49. The molecule has 0 aliphatic rings. The fourth-order valence-corrected chi connectivity index (χ4v) is 1.57. The molecule has 2 heterocycles. The van der Waals surface area contributed by atoms with Crippen LogP contribution in [0.1, 0.15) is 25.4 Å². The topological polar surface area (TPSA) is 54.5 Å². The molecular formula is C12H14N4. The number of H-pyrrole nitrogens is 1. The molecule has 0 radical (unpaired) electrons. The molecule has 2 aromatic rings. The third-order valence-electron chi connectivity index (χ3n) is 2.34. The number of nitrogens with one attached hydrogen (secondary N) is 1. The van der Waals surface area contributed by atoms with Gasteiger partial charge >= 0.3 is 0 Å². The lowest BCUT2D eigenvalue weighted by atomic mass is 10.2. The monoisotopic (exact) mass is 214 g/mol. The van der Waals surface area contributed by atoms with Gasteiger partial charge in [0.2, 0.25) is 0 Å². The zero-order valence-corrected chi connectivity index (χ0v) is 9.49. The van der Waals surface area contributed by atoms with Crippen molar-refractivity contribution >= 4 is 16.7 Å². The van der Waals surface area contributed by atoms with Crippen LogP contribution in [0, 0.1) is 0 Å². The van der Waals surface area contributed by atoms with Gasteiger partial charge in [0.05, 0.1) is 5.69 Å². The average molecular weight is 214 g/mol. The lowest BCUT2D eigenvalue weighted by Crippen LogP contribution is -1.90. The van der Waals surface area contributed by atoms with Gasteiger partial charge in [0, 0.05) is 6.42 Å². The fraction of sp³-hybridized carbons (Fsp3) is 0.250. The molecule has 0 aliphatic heterocycles. The van der Waals surface area contributed by atoms with Gasteiger partial charge in [0.1, 0.15) is 17.7 Å². The molecule has 0 aliphatic carbocycles. The summed E-state index contributed by atoms with van der Waals surface area (Å²) in [6, 6.07) is 0. The lowest BCUT2D eigenvalue weighted by Gasteiger charge is -1.99. The summed E-state index contributed by atoms with van der Waals surface area (Å²) in [6.45, 7) is 7.97. The summed E-state index contributed by atoms with van der Waals surface area (Å²) in [7, 11) is 0. The maximum Gasteiger partial charge on any atom is 0.181 e. The number of hydrogen-bond donors (Lipinski definition) is 1. The van der Waals surface area contributed by atoms with Crippen molar-refractivity contribution in [2.45, 2.75) is 20.3 Å². The Bertz CT molecular complexity index is 551. The third kappa shape index (κ3) is 1.74. The summed E-state index contributed by atoms with van der Waals surface area (Å²) < 4.78 is 0. The summed E-state index contributed by atoms with van der Waals surface area (Å²) in [6.07, 6.45) is 6.24. The highest BCUT2D eigenvalue weighted by Gasteiger charge is 2.09. The van der Waals surface area contributed by atoms with Crippen LogP contribution in [-0.4, -0.2) is 19.9 Å². The van der Waals surface area contributed by atoms with Gasteiger partial charge in [0.15, 0.2) is 5.65 Å². The Kier molecular flexibility index (Phi) is 2.81. The summed E-state index contributed by atoms with van der Waals surface area (Å²) in [5.41, 5.74) is 3.24. The summed E-state index contributed by atoms with van der Waals surface area (Å²) in [5.74, 6) is 0.921. The second kappa shape index (κ2) is 4.26. The minimum Gasteiger partial charge on any atom is -0.339 e. The highest BCUT2D eigenvalue weighted by Crippen LogP contribution is 2.19. The Hall–Kier alpha value is -1.97. The molecule has 2 rings (SSSR count). The summed E-state index contributed by atoms with van der Waals surface area (Å²) in [5, 5.41) is 0. The molecule has 0 amide bonds. The van der Waals surface area contributed by atoms with Crippen molar-refractivity contribution in [3.8, 4) is 0 Å². The normalized spacial score (nSPS) is 11.4. The van der Waals surface area contributed by atoms with E-state index in [1.807, 2.05) is 26.0 Å². The van der Waals surface area contributed by atoms with Crippen LogP contribution < -0.4 is 0 Å². The van der Waals surface area contributed by atoms with Gasteiger partial charge < -0.3 is 4.98 Å². The van der Waals surface area contributed by atoms with E-state index in [1.54, 1.807) is 0 Å². The maximum absolute atomic E-state index is 4.36. The molecule has 0 atom stereocenters. The number of aryl methyl sites for hydroxylation is 1. The molecule has 0 unspecified atom stereocenters. The van der Waals surface area contributed by atoms with E-state index >= 15 is 0 Å². The average Bonchev–Trinajstić information content (AvgIpc) is 2.71. The van der Waals surface area contributed by atoms with E-state index in [9.17, 15) is 0 Å². The Labute approximate surface area is 94.2 Å². The minimum atomic E-state index is 0.701. The maximum atomic E-state index is 4.36. The molecule has 4 heteroatoms. The summed E-state index contributed by atoms with van der Waals surface area (Å²) in [4.78, 5) is 16.0. The van der Waals surface area contributed by atoms with Crippen LogP contribution in [-0.2, 0) is 6.42 Å². The van der Waals surface area contributed by atoms with Gasteiger partial charge in [-0.3, -0.25) is 0 Å². The number of rotatable bonds is 3. The first kappa shape index (κ1) is 10.5. The molecule has 82 valence electrons. The van der Waals surface area contributed by atoms with Crippen molar-refractivity contribution < 1.29 is 0 Å². The van der Waals surface area contributed by atoms with Crippen molar-refractivity contribution in [2.24, 2.45) is 0 Å². The van der Waals surface area contributed by atoms with Crippen LogP contribution in [0.4, 0.5) is 0 Å². The molecule has 0 aromatic carbocycles. The molecule has 0 spiro atoms. The molecule has 4 nitrogen and oxygen atoms in total. The first-order valence-electron chi connectivity index (χ1n) is 5.27. The van der Waals surface area contributed by atoms with E-state index in [1.165, 1.54) is 6.33 Å². The Morgan fingerprint density at radius 3 is 3.00 bits per heavy atom. The van der Waals surface area contributed by atoms with Crippen molar-refractivity contribution in [1.82, 2.24) is 19.9 Å². The van der Waals surface area contributed by atoms with Gasteiger partial charge in [-0.25, -0.2) is 15.0 Å². The molecule has 0 saturated carbocycles. The second-order valence-electron chi connectivity index (χ2n) is 3.48. The van der Waals surface area contributed by atoms with Crippen LogP contribution in [0.5, 0.6) is 0 Å². The van der Waals surface area contributed by atoms with Crippen LogP contribution >= 0.6 is 0 Å². The number of aromatic nitrogens is 4. The van der Waals surface area contributed by atoms with E-state index in [0.717, 1.165) is 29.0 Å². The number of aromatic amines is 1. The first-order chi connectivity index (χ1) is 7.76. The number of hydrogen-bond acceptors (Lipinski definition) is 3. The predicted octanol–water partition coefficient (Wildman–Crippen LogP) is 2.50. The van der Waals surface area contributed by atoms with Crippen molar-refractivity contribution in [3.63, 3.8) is 0 Å². The van der Waals surface area contributed by atoms with Crippen LogP contribution in [0.3, 0.4) is 0 Å². The number of fused-ring (bicyclic) bond motifs is 1. The van der Waals surface area contributed by atoms with Crippen LogP contribution in [0.15, 0.2) is 25.1 Å². The first-order valence-corrected chi connectivity index (χ1v) is 5.27. The molecule has 2 aromatic heterocycles. The van der Waals surface area contributed by atoms with E-state index < -0.39 is 0 Å². The predicted molar refractivity (Wildman–Crippen MR) is 64.9 cm³/mol. The Balaban J connectivity index is 2.60. The minimum absolute atomic E-state index is 0.701. The fourth-order valence-electron chi connectivity index (χ4n) is 1.57. The second-order valence-corrected chi connectivity index (χ2v) is 3.48. The highest BCUT2D eigenvalue weighted by molar-refractivity contribution is 5.87. The van der Waals surface area contributed by atoms with Crippen molar-refractivity contribution in [1.29, 1.82) is 0 Å². The number of allylic oxidation sites excluding steroid dienone is 3. The SMILES string of the molecule is C=C(/C=C/C)c1ncnc2nc(CC)[nH]c12. The van der Waals surface area contributed by atoms with E-state index in [0.29, 0.717) is 5.65 Å². The molecule has 1 N–H and O–H groups in total. The number of nitrogens with zero attached hydrogens (tertiary/aromatic N) is 3. The smallest absolute Gasteiger partial charge is 0.181 e. The summed E-state index contributed by atoms with van der Waals surface area (Å²) >= 11 is 0. The molecule has 0 fully saturated rings. The van der Waals surface area contributed by atoms with Gasteiger partial charge in [-0.1, -0.05) is 25.7 Å². The van der Waals surface area contributed by atoms with Gasteiger partial charge in [0.25, 0.3) is 0 Å². The third-order valence-corrected chi connectivity index (χ3v) is 2.34. The van der Waals surface area contributed by atoms with Crippen LogP contribution in [0.25, 0.3) is 16.7 Å². The van der Waals surface area contributed by atoms with Crippen LogP contribution in [0.2, 0.25) is 0 Å². The molecule has 0 saturated heterocycles. The lowest BCUT2D eigenvalue weighted by molar-refractivity contribution is 0.997. The van der Waals surface area contributed by atoms with E-state index in [2.05, 4.69) is 26.5 Å². The molecular weight excluding hydrogens is 200 g/mol. The quantitative estimate of drug-likeness (QED) is 0.799. The Morgan fingerprint density at radius 2 is 2.31 bits per heavy atom. The van der Waals surface area contributed by atoms with Gasteiger partial charge in [-0.15, -0.1) is 0 Å². The zero-order chi connectivity index (χ0) is 11.5. The Morgan fingerprint density at radius 1 is 1.50 bits per heavy atom. The molecule has 0 bridgehead atoms. The van der Waals surface area contributed by atoms with Crippen molar-refractivity contribution in [2.75, 3.05) is 0 Å². The van der Waals surface area contributed by atoms with E-state index in [4.69, 9.17) is 0 Å². The van der Waals surface area contributed by atoms with Gasteiger partial charge in [-0.05, 0) is 12.5 Å². The largest absolute Gasteiger partial charge is 0.339 e. The standard InChI is InChI=1S/C12H14N4/c1-4-6-8(3)10-11-12(14-7-13-10)16-9(5-2)15-11/h4,6-7H,3,5H2,1-2H3,(H,13,14,15,16)/b6-4+. The van der Waals surface area contributed by atoms with E-state index in [-0.39, 0.29) is 0 Å². The highest BCUT2D eigenvalue weighted by atomic mass is 15.0. The number of imidazole rings is 1.